The monoisotopic (exact) mass is 397 g/mol. The van der Waals surface area contributed by atoms with Crippen LogP contribution in [0.15, 0.2) is 15.9 Å². The fraction of sp³-hybridized carbons (Fsp3) is 0.500. The highest BCUT2D eigenvalue weighted by Gasteiger charge is 2.35. The van der Waals surface area contributed by atoms with Crippen LogP contribution < -0.4 is 5.73 Å². The van der Waals surface area contributed by atoms with Crippen molar-refractivity contribution in [3.8, 4) is 0 Å². The molecule has 6 nitrogen and oxygen atoms in total. The van der Waals surface area contributed by atoms with Gasteiger partial charge in [-0.25, -0.2) is 9.97 Å². The first-order valence-electron chi connectivity index (χ1n) is 8.02. The molecule has 1 fully saturated rings. The molecule has 0 spiro atoms. The molecule has 0 aliphatic heterocycles. The maximum absolute atomic E-state index is 6.39. The number of aromatic nitrogens is 4. The van der Waals surface area contributed by atoms with Crippen LogP contribution in [0.2, 0.25) is 0 Å². The Kier molecular flexibility index (Phi) is 5.34. The van der Waals surface area contributed by atoms with Crippen LogP contribution in [0.1, 0.15) is 47.8 Å². The van der Waals surface area contributed by atoms with Crippen molar-refractivity contribution in [3.05, 3.63) is 28.5 Å². The van der Waals surface area contributed by atoms with Gasteiger partial charge in [-0.05, 0) is 32.3 Å². The van der Waals surface area contributed by atoms with E-state index in [-0.39, 0.29) is 12.4 Å². The van der Waals surface area contributed by atoms with E-state index in [9.17, 15) is 0 Å². The van der Waals surface area contributed by atoms with Crippen molar-refractivity contribution >= 4 is 45.7 Å². The van der Waals surface area contributed by atoms with Gasteiger partial charge >= 0.3 is 0 Å². The standard InChI is InChI=1S/C16H19N5OS2.ClH/c1-9-10(2)24-14-12(9)13(18-8-19-14)23-7-11-20-15(21-22-11)16(17)5-3-4-6-16;/h8H,3-7,17H2,1-2H3;1H. The molecule has 4 rings (SSSR count). The number of fused-ring (bicyclic) bond motifs is 1. The van der Waals surface area contributed by atoms with Crippen LogP contribution in [-0.2, 0) is 11.3 Å². The van der Waals surface area contributed by atoms with Crippen LogP contribution in [0.25, 0.3) is 10.2 Å². The van der Waals surface area contributed by atoms with E-state index in [2.05, 4.69) is 34.0 Å². The van der Waals surface area contributed by atoms with Crippen molar-refractivity contribution in [2.45, 2.75) is 55.8 Å². The number of hydrogen-bond acceptors (Lipinski definition) is 8. The number of rotatable bonds is 4. The summed E-state index contributed by atoms with van der Waals surface area (Å²) in [5, 5.41) is 6.21. The molecule has 0 bridgehead atoms. The Labute approximate surface area is 160 Å². The third-order valence-electron chi connectivity index (χ3n) is 4.67. The predicted molar refractivity (Wildman–Crippen MR) is 102 cm³/mol. The van der Waals surface area contributed by atoms with Gasteiger partial charge in [-0.15, -0.1) is 23.7 Å². The molecular formula is C16H20ClN5OS2. The fourth-order valence-corrected chi connectivity index (χ4v) is 5.09. The Hall–Kier alpha value is -1.22. The van der Waals surface area contributed by atoms with Crippen LogP contribution in [0.4, 0.5) is 0 Å². The number of nitrogens with zero attached hydrogens (tertiary/aromatic N) is 4. The number of thioether (sulfide) groups is 1. The van der Waals surface area contributed by atoms with E-state index in [1.54, 1.807) is 29.4 Å². The van der Waals surface area contributed by atoms with Crippen LogP contribution in [0.3, 0.4) is 0 Å². The number of halogens is 1. The van der Waals surface area contributed by atoms with E-state index in [1.807, 2.05) is 0 Å². The SMILES string of the molecule is Cc1sc2ncnc(SCc3nc(C4(N)CCCC4)no3)c2c1C.Cl. The lowest BCUT2D eigenvalue weighted by Crippen LogP contribution is -2.34. The molecule has 1 aliphatic carbocycles. The summed E-state index contributed by atoms with van der Waals surface area (Å²) in [7, 11) is 0. The molecule has 0 radical (unpaired) electrons. The lowest BCUT2D eigenvalue weighted by molar-refractivity contribution is 0.355. The lowest BCUT2D eigenvalue weighted by atomic mass is 9.99. The molecule has 3 aromatic rings. The first kappa shape index (κ1) is 18.6. The molecule has 9 heteroatoms. The van der Waals surface area contributed by atoms with Crippen molar-refractivity contribution in [3.63, 3.8) is 0 Å². The van der Waals surface area contributed by atoms with Gasteiger partial charge in [-0.1, -0.05) is 29.8 Å². The molecule has 3 aromatic heterocycles. The maximum atomic E-state index is 6.39. The van der Waals surface area contributed by atoms with Gasteiger partial charge in [0.1, 0.15) is 16.2 Å². The average molecular weight is 398 g/mol. The van der Waals surface area contributed by atoms with E-state index < -0.39 is 5.54 Å². The van der Waals surface area contributed by atoms with Crippen molar-refractivity contribution in [2.24, 2.45) is 5.73 Å². The largest absolute Gasteiger partial charge is 0.338 e. The lowest BCUT2D eigenvalue weighted by Gasteiger charge is -2.17. The van der Waals surface area contributed by atoms with E-state index >= 15 is 0 Å². The Morgan fingerprint density at radius 3 is 2.80 bits per heavy atom. The summed E-state index contributed by atoms with van der Waals surface area (Å²) in [5.74, 6) is 1.83. The summed E-state index contributed by atoms with van der Waals surface area (Å²) in [6.07, 6.45) is 5.74. The maximum Gasteiger partial charge on any atom is 0.237 e. The molecule has 0 unspecified atom stereocenters. The van der Waals surface area contributed by atoms with Crippen LogP contribution in [0, 0.1) is 13.8 Å². The number of hydrogen-bond donors (Lipinski definition) is 1. The number of aryl methyl sites for hydroxylation is 2. The second-order valence-corrected chi connectivity index (χ2v) is 8.47. The third kappa shape index (κ3) is 3.40. The molecule has 0 aromatic carbocycles. The number of nitrogens with two attached hydrogens (primary N) is 1. The summed E-state index contributed by atoms with van der Waals surface area (Å²) in [5.41, 5.74) is 7.23. The zero-order chi connectivity index (χ0) is 16.7. The van der Waals surface area contributed by atoms with Gasteiger partial charge in [0.05, 0.1) is 11.3 Å². The van der Waals surface area contributed by atoms with Crippen LogP contribution >= 0.6 is 35.5 Å². The minimum atomic E-state index is -0.407. The van der Waals surface area contributed by atoms with Gasteiger partial charge < -0.3 is 10.3 Å². The van der Waals surface area contributed by atoms with Crippen LogP contribution in [0.5, 0.6) is 0 Å². The highest BCUT2D eigenvalue weighted by Crippen LogP contribution is 2.37. The second kappa shape index (κ2) is 7.19. The molecule has 3 heterocycles. The van der Waals surface area contributed by atoms with E-state index in [0.717, 1.165) is 40.9 Å². The minimum absolute atomic E-state index is 0. The first-order valence-corrected chi connectivity index (χ1v) is 9.82. The molecule has 0 saturated heterocycles. The minimum Gasteiger partial charge on any atom is -0.338 e. The quantitative estimate of drug-likeness (QED) is 0.522. The van der Waals surface area contributed by atoms with Gasteiger partial charge in [0.2, 0.25) is 5.89 Å². The number of thiophene rings is 1. The van der Waals surface area contributed by atoms with E-state index in [1.165, 1.54) is 10.4 Å². The summed E-state index contributed by atoms with van der Waals surface area (Å²) in [4.78, 5) is 15.6. The summed E-state index contributed by atoms with van der Waals surface area (Å²) < 4.78 is 5.41. The van der Waals surface area contributed by atoms with Crippen molar-refractivity contribution in [1.82, 2.24) is 20.1 Å². The van der Waals surface area contributed by atoms with Gasteiger partial charge in [-0.3, -0.25) is 0 Å². The Bertz CT molecular complexity index is 888. The zero-order valence-electron chi connectivity index (χ0n) is 14.1. The van der Waals surface area contributed by atoms with Gasteiger partial charge in [0.25, 0.3) is 0 Å². The van der Waals surface area contributed by atoms with Gasteiger partial charge in [-0.2, -0.15) is 4.98 Å². The van der Waals surface area contributed by atoms with Crippen LogP contribution in [-0.4, -0.2) is 20.1 Å². The topological polar surface area (TPSA) is 90.7 Å². The third-order valence-corrected chi connectivity index (χ3v) is 6.76. The Morgan fingerprint density at radius 2 is 2.04 bits per heavy atom. The van der Waals surface area contributed by atoms with Crippen molar-refractivity contribution in [2.75, 3.05) is 0 Å². The van der Waals surface area contributed by atoms with Gasteiger partial charge in [0.15, 0.2) is 5.82 Å². The summed E-state index contributed by atoms with van der Waals surface area (Å²) >= 11 is 3.31. The molecule has 0 atom stereocenters. The smallest absolute Gasteiger partial charge is 0.237 e. The highest BCUT2D eigenvalue weighted by molar-refractivity contribution is 7.98. The Morgan fingerprint density at radius 1 is 1.28 bits per heavy atom. The fourth-order valence-electron chi connectivity index (χ4n) is 3.13. The molecule has 1 aliphatic rings. The molecule has 1 saturated carbocycles. The normalized spacial score (nSPS) is 16.3. The molecular weight excluding hydrogens is 378 g/mol. The van der Waals surface area contributed by atoms with E-state index in [0.29, 0.717) is 17.5 Å². The zero-order valence-corrected chi connectivity index (χ0v) is 16.6. The Balaban J connectivity index is 0.00000182. The van der Waals surface area contributed by atoms with E-state index in [4.69, 9.17) is 10.3 Å². The van der Waals surface area contributed by atoms with Gasteiger partial charge in [0, 0.05) is 10.3 Å². The first-order chi connectivity index (χ1) is 11.6. The molecule has 2 N–H and O–H groups in total. The summed E-state index contributed by atoms with van der Waals surface area (Å²) in [6.45, 7) is 4.23. The summed E-state index contributed by atoms with van der Waals surface area (Å²) in [6, 6.07) is 0. The molecule has 25 heavy (non-hydrogen) atoms. The van der Waals surface area contributed by atoms with Crippen molar-refractivity contribution in [1.29, 1.82) is 0 Å². The predicted octanol–water partition coefficient (Wildman–Crippen LogP) is 4.13. The van der Waals surface area contributed by atoms with Crippen molar-refractivity contribution < 1.29 is 4.52 Å². The average Bonchev–Trinajstić information content (AvgIpc) is 3.27. The molecule has 0 amide bonds. The molecule has 134 valence electrons. The highest BCUT2D eigenvalue weighted by atomic mass is 35.5. The second-order valence-electron chi connectivity index (χ2n) is 6.31.